The summed E-state index contributed by atoms with van der Waals surface area (Å²) in [4.78, 5) is 15.6. The summed E-state index contributed by atoms with van der Waals surface area (Å²) < 4.78 is 0. The van der Waals surface area contributed by atoms with Crippen molar-refractivity contribution in [2.24, 2.45) is 5.92 Å². The number of aryl methyl sites for hydroxylation is 1. The van der Waals surface area contributed by atoms with Gasteiger partial charge in [-0.05, 0) is 50.2 Å². The molecule has 3 nitrogen and oxygen atoms in total. The average Bonchev–Trinajstić information content (AvgIpc) is 2.74. The number of thiophene rings is 1. The smallest absolute Gasteiger partial charge is 0.225 e. The summed E-state index contributed by atoms with van der Waals surface area (Å²) >= 11 is 1.74. The molecule has 1 aliphatic rings. The van der Waals surface area contributed by atoms with Gasteiger partial charge in [0.05, 0.1) is 6.54 Å². The number of nitrogens with zero attached hydrogens (tertiary/aromatic N) is 1. The van der Waals surface area contributed by atoms with Gasteiger partial charge in [0.1, 0.15) is 0 Å². The molecule has 2 heterocycles. The van der Waals surface area contributed by atoms with Gasteiger partial charge in [-0.25, -0.2) is 0 Å². The minimum Gasteiger partial charge on any atom is -0.340 e. The molecule has 0 radical (unpaired) electrons. The van der Waals surface area contributed by atoms with Crippen molar-refractivity contribution in [3.63, 3.8) is 0 Å². The van der Waals surface area contributed by atoms with Gasteiger partial charge in [-0.3, -0.25) is 4.79 Å². The van der Waals surface area contributed by atoms with Crippen LogP contribution in [0.5, 0.6) is 0 Å². The maximum absolute atomic E-state index is 12.4. The topological polar surface area (TPSA) is 32.3 Å². The van der Waals surface area contributed by atoms with Crippen LogP contribution in [0.2, 0.25) is 0 Å². The standard InChI is InChI=1S/C14H22N2OS/c1-10-5-7-18-13(10)9-16(3)14(17)12-4-6-15-11(2)8-12/h5,7,11-12,15H,4,6,8-9H2,1-3H3. The van der Waals surface area contributed by atoms with E-state index in [9.17, 15) is 4.79 Å². The fraction of sp³-hybridized carbons (Fsp3) is 0.643. The molecule has 1 N–H and O–H groups in total. The van der Waals surface area contributed by atoms with Crippen molar-refractivity contribution in [3.05, 3.63) is 21.9 Å². The Morgan fingerprint density at radius 1 is 1.61 bits per heavy atom. The molecule has 2 atom stereocenters. The number of nitrogens with one attached hydrogen (secondary N) is 1. The minimum absolute atomic E-state index is 0.200. The molecule has 1 amide bonds. The summed E-state index contributed by atoms with van der Waals surface area (Å²) in [5.74, 6) is 0.502. The van der Waals surface area contributed by atoms with E-state index in [1.54, 1.807) is 11.3 Å². The lowest BCUT2D eigenvalue weighted by Crippen LogP contribution is -2.42. The van der Waals surface area contributed by atoms with Crippen LogP contribution in [0, 0.1) is 12.8 Å². The van der Waals surface area contributed by atoms with E-state index in [2.05, 4.69) is 30.6 Å². The third kappa shape index (κ3) is 3.12. The third-order valence-corrected chi connectivity index (χ3v) is 4.71. The predicted octanol–water partition coefficient (Wildman–Crippen LogP) is 2.40. The Hall–Kier alpha value is -0.870. The first-order valence-corrected chi connectivity index (χ1v) is 7.47. The second-order valence-corrected chi connectivity index (χ2v) is 6.30. The Morgan fingerprint density at radius 3 is 3.00 bits per heavy atom. The number of hydrogen-bond donors (Lipinski definition) is 1. The molecule has 18 heavy (non-hydrogen) atoms. The van der Waals surface area contributed by atoms with Crippen LogP contribution in [0.4, 0.5) is 0 Å². The maximum Gasteiger partial charge on any atom is 0.225 e. The van der Waals surface area contributed by atoms with E-state index in [4.69, 9.17) is 0 Å². The predicted molar refractivity (Wildman–Crippen MR) is 75.7 cm³/mol. The van der Waals surface area contributed by atoms with Crippen LogP contribution in [0.15, 0.2) is 11.4 Å². The van der Waals surface area contributed by atoms with E-state index in [-0.39, 0.29) is 5.92 Å². The van der Waals surface area contributed by atoms with Crippen molar-refractivity contribution in [3.8, 4) is 0 Å². The first kappa shape index (κ1) is 13.6. The Kier molecular flexibility index (Phi) is 4.40. The van der Waals surface area contributed by atoms with Gasteiger partial charge < -0.3 is 10.2 Å². The molecule has 1 aromatic rings. The lowest BCUT2D eigenvalue weighted by Gasteiger charge is -2.30. The highest BCUT2D eigenvalue weighted by atomic mass is 32.1. The molecule has 0 spiro atoms. The van der Waals surface area contributed by atoms with Gasteiger partial charge >= 0.3 is 0 Å². The zero-order chi connectivity index (χ0) is 13.1. The Labute approximate surface area is 113 Å². The fourth-order valence-corrected chi connectivity index (χ4v) is 3.49. The van der Waals surface area contributed by atoms with E-state index in [0.717, 1.165) is 25.9 Å². The molecular weight excluding hydrogens is 244 g/mol. The average molecular weight is 266 g/mol. The van der Waals surface area contributed by atoms with Gasteiger partial charge in [0.2, 0.25) is 5.91 Å². The molecule has 2 rings (SSSR count). The van der Waals surface area contributed by atoms with E-state index < -0.39 is 0 Å². The number of piperidine rings is 1. The van der Waals surface area contributed by atoms with E-state index in [1.165, 1.54) is 10.4 Å². The fourth-order valence-electron chi connectivity index (χ4n) is 2.53. The zero-order valence-corrected chi connectivity index (χ0v) is 12.2. The molecule has 100 valence electrons. The Balaban J connectivity index is 1.94. The molecule has 2 unspecified atom stereocenters. The summed E-state index contributed by atoms with van der Waals surface area (Å²) in [5.41, 5.74) is 1.29. The van der Waals surface area contributed by atoms with Crippen molar-refractivity contribution in [2.75, 3.05) is 13.6 Å². The Bertz CT molecular complexity index is 416. The van der Waals surface area contributed by atoms with E-state index in [1.807, 2.05) is 11.9 Å². The highest BCUT2D eigenvalue weighted by Crippen LogP contribution is 2.22. The van der Waals surface area contributed by atoms with Crippen LogP contribution in [-0.4, -0.2) is 30.4 Å². The lowest BCUT2D eigenvalue weighted by atomic mass is 9.92. The van der Waals surface area contributed by atoms with Crippen LogP contribution < -0.4 is 5.32 Å². The molecule has 4 heteroatoms. The van der Waals surface area contributed by atoms with Gasteiger partial charge in [0, 0.05) is 23.9 Å². The summed E-state index contributed by atoms with van der Waals surface area (Å²) in [6.45, 7) is 5.98. The van der Waals surface area contributed by atoms with Crippen molar-refractivity contribution >= 4 is 17.2 Å². The van der Waals surface area contributed by atoms with Crippen LogP contribution in [0.3, 0.4) is 0 Å². The van der Waals surface area contributed by atoms with Gasteiger partial charge in [-0.15, -0.1) is 11.3 Å². The lowest BCUT2D eigenvalue weighted by molar-refractivity contribution is -0.135. The molecule has 0 bridgehead atoms. The van der Waals surface area contributed by atoms with Gasteiger partial charge in [-0.2, -0.15) is 0 Å². The second kappa shape index (κ2) is 5.85. The maximum atomic E-state index is 12.4. The van der Waals surface area contributed by atoms with Gasteiger partial charge in [-0.1, -0.05) is 0 Å². The quantitative estimate of drug-likeness (QED) is 0.911. The summed E-state index contributed by atoms with van der Waals surface area (Å²) in [7, 11) is 1.92. The van der Waals surface area contributed by atoms with E-state index in [0.29, 0.717) is 11.9 Å². The number of amides is 1. The first-order chi connectivity index (χ1) is 8.58. The molecule has 1 aliphatic heterocycles. The molecule has 0 saturated carbocycles. The minimum atomic E-state index is 0.200. The first-order valence-electron chi connectivity index (χ1n) is 6.59. The summed E-state index contributed by atoms with van der Waals surface area (Å²) in [6, 6.07) is 2.58. The van der Waals surface area contributed by atoms with Crippen molar-refractivity contribution in [1.82, 2.24) is 10.2 Å². The number of carbonyl (C=O) groups excluding carboxylic acids is 1. The van der Waals surface area contributed by atoms with Crippen molar-refractivity contribution < 1.29 is 4.79 Å². The highest BCUT2D eigenvalue weighted by molar-refractivity contribution is 7.10. The largest absolute Gasteiger partial charge is 0.340 e. The zero-order valence-electron chi connectivity index (χ0n) is 11.4. The number of rotatable bonds is 3. The monoisotopic (exact) mass is 266 g/mol. The van der Waals surface area contributed by atoms with Crippen LogP contribution >= 0.6 is 11.3 Å². The molecule has 0 aliphatic carbocycles. The van der Waals surface area contributed by atoms with Crippen LogP contribution in [0.25, 0.3) is 0 Å². The molecule has 1 aromatic heterocycles. The van der Waals surface area contributed by atoms with Crippen LogP contribution in [-0.2, 0) is 11.3 Å². The van der Waals surface area contributed by atoms with Gasteiger partial charge in [0.15, 0.2) is 0 Å². The molecule has 1 fully saturated rings. The molecule has 1 saturated heterocycles. The normalized spacial score (nSPS) is 23.9. The van der Waals surface area contributed by atoms with Crippen LogP contribution in [0.1, 0.15) is 30.2 Å². The number of hydrogen-bond acceptors (Lipinski definition) is 3. The molecule has 0 aromatic carbocycles. The second-order valence-electron chi connectivity index (χ2n) is 5.30. The highest BCUT2D eigenvalue weighted by Gasteiger charge is 2.27. The number of carbonyl (C=O) groups is 1. The van der Waals surface area contributed by atoms with E-state index >= 15 is 0 Å². The summed E-state index contributed by atoms with van der Waals surface area (Å²) in [6.07, 6.45) is 1.93. The van der Waals surface area contributed by atoms with Crippen molar-refractivity contribution in [1.29, 1.82) is 0 Å². The van der Waals surface area contributed by atoms with Crippen molar-refractivity contribution in [2.45, 2.75) is 39.3 Å². The third-order valence-electron chi connectivity index (χ3n) is 3.70. The molecular formula is C14H22N2OS. The van der Waals surface area contributed by atoms with Gasteiger partial charge in [0.25, 0.3) is 0 Å². The Morgan fingerprint density at radius 2 is 2.39 bits per heavy atom. The summed E-state index contributed by atoms with van der Waals surface area (Å²) in [5, 5.41) is 5.48. The SMILES string of the molecule is Cc1ccsc1CN(C)C(=O)C1CCNC(C)C1.